The van der Waals surface area contributed by atoms with Gasteiger partial charge in [-0.2, -0.15) is 0 Å². The molecule has 0 aromatic rings. The lowest BCUT2D eigenvalue weighted by Gasteiger charge is -1.98. The van der Waals surface area contributed by atoms with E-state index in [0.717, 1.165) is 5.57 Å². The maximum atomic E-state index is 10.5. The zero-order valence-electron chi connectivity index (χ0n) is 7.09. The van der Waals surface area contributed by atoms with Crippen LogP contribution >= 0.6 is 0 Å². The molecule has 0 spiro atoms. The van der Waals surface area contributed by atoms with Crippen LogP contribution in [0.15, 0.2) is 16.1 Å². The summed E-state index contributed by atoms with van der Waals surface area (Å²) in [6.45, 7) is 3.57. The van der Waals surface area contributed by atoms with Crippen LogP contribution in [0.5, 0.6) is 0 Å². The first-order valence-corrected chi connectivity index (χ1v) is 3.39. The van der Waals surface area contributed by atoms with Crippen molar-refractivity contribution >= 4 is 12.2 Å². The van der Waals surface area contributed by atoms with Gasteiger partial charge in [-0.25, -0.2) is 4.79 Å². The number of carboxylic acids is 1. The highest BCUT2D eigenvalue weighted by molar-refractivity contribution is 5.91. The molecule has 0 aromatic heterocycles. The van der Waals surface area contributed by atoms with Crippen molar-refractivity contribution in [2.75, 3.05) is 7.05 Å². The number of aliphatic carboxylic acids is 1. The van der Waals surface area contributed by atoms with E-state index in [1.807, 2.05) is 0 Å². The Labute approximate surface area is 66.5 Å². The molecule has 0 aromatic carbocycles. The quantitative estimate of drug-likeness (QED) is 0.496. The summed E-state index contributed by atoms with van der Waals surface area (Å²) in [5.74, 6) is -0.857. The van der Waals surface area contributed by atoms with Gasteiger partial charge in [0, 0.05) is 25.3 Å². The van der Waals surface area contributed by atoms with E-state index in [1.165, 1.54) is 0 Å². The zero-order valence-corrected chi connectivity index (χ0v) is 7.09. The predicted octanol–water partition coefficient (Wildman–Crippen LogP) is 1.50. The van der Waals surface area contributed by atoms with E-state index in [0.29, 0.717) is 12.0 Å². The van der Waals surface area contributed by atoms with Crippen LogP contribution in [0.4, 0.5) is 0 Å². The summed E-state index contributed by atoms with van der Waals surface area (Å²) >= 11 is 0. The lowest BCUT2D eigenvalue weighted by atomic mass is 10.1. The van der Waals surface area contributed by atoms with Crippen molar-refractivity contribution in [1.29, 1.82) is 0 Å². The second kappa shape index (κ2) is 4.66. The molecule has 0 aliphatic carbocycles. The number of rotatable bonds is 3. The molecule has 0 radical (unpaired) electrons. The summed E-state index contributed by atoms with van der Waals surface area (Å²) in [5, 5.41) is 8.65. The third kappa shape index (κ3) is 3.55. The van der Waals surface area contributed by atoms with E-state index in [1.54, 1.807) is 27.1 Å². The molecule has 0 fully saturated rings. The molecule has 3 heteroatoms. The Kier molecular flexibility index (Phi) is 4.18. The molecule has 0 heterocycles. The molecule has 0 unspecified atom stereocenters. The fourth-order valence-electron chi connectivity index (χ4n) is 0.688. The van der Waals surface area contributed by atoms with Gasteiger partial charge >= 0.3 is 5.97 Å². The minimum atomic E-state index is -0.857. The molecule has 62 valence electrons. The summed E-state index contributed by atoms with van der Waals surface area (Å²) < 4.78 is 0. The second-order valence-corrected chi connectivity index (χ2v) is 2.43. The molecule has 0 atom stereocenters. The molecule has 0 bridgehead atoms. The number of nitrogens with zero attached hydrogens (tertiary/aromatic N) is 1. The normalized spacial score (nSPS) is 10.1. The van der Waals surface area contributed by atoms with Crippen LogP contribution in [0.25, 0.3) is 0 Å². The van der Waals surface area contributed by atoms with Crippen molar-refractivity contribution in [3.63, 3.8) is 0 Å². The number of carboxylic acid groups (broad SMARTS) is 1. The van der Waals surface area contributed by atoms with E-state index >= 15 is 0 Å². The van der Waals surface area contributed by atoms with Crippen LogP contribution in [0.3, 0.4) is 0 Å². The Balaban J connectivity index is 4.38. The number of carbonyl (C=O) groups is 1. The monoisotopic (exact) mass is 155 g/mol. The number of allylic oxidation sites excluding steroid dienone is 1. The number of aliphatic imine (C=N–C) groups is 1. The van der Waals surface area contributed by atoms with Crippen LogP contribution in [0.2, 0.25) is 0 Å². The van der Waals surface area contributed by atoms with Gasteiger partial charge in [-0.15, -0.1) is 0 Å². The molecular weight excluding hydrogens is 142 g/mol. The fourth-order valence-corrected chi connectivity index (χ4v) is 0.688. The largest absolute Gasteiger partial charge is 0.478 e. The van der Waals surface area contributed by atoms with Crippen molar-refractivity contribution in [3.05, 3.63) is 11.1 Å². The first kappa shape index (κ1) is 9.88. The number of hydrogen-bond acceptors (Lipinski definition) is 2. The topological polar surface area (TPSA) is 49.7 Å². The zero-order chi connectivity index (χ0) is 8.85. The lowest BCUT2D eigenvalue weighted by molar-refractivity contribution is -0.132. The van der Waals surface area contributed by atoms with Crippen molar-refractivity contribution in [2.24, 2.45) is 4.99 Å². The van der Waals surface area contributed by atoms with Gasteiger partial charge in [0.2, 0.25) is 0 Å². The number of hydrogen-bond donors (Lipinski definition) is 1. The summed E-state index contributed by atoms with van der Waals surface area (Å²) in [4.78, 5) is 14.2. The summed E-state index contributed by atoms with van der Waals surface area (Å²) in [6.07, 6.45) is 2.00. The van der Waals surface area contributed by atoms with Crippen LogP contribution in [-0.2, 0) is 4.79 Å². The molecule has 0 saturated carbocycles. The SMILES string of the molecule is CN=CCC(C(=O)O)=C(C)C. The highest BCUT2D eigenvalue weighted by Gasteiger charge is 2.06. The van der Waals surface area contributed by atoms with Gasteiger partial charge in [-0.1, -0.05) is 5.57 Å². The first-order chi connectivity index (χ1) is 5.09. The van der Waals surface area contributed by atoms with Gasteiger partial charge in [0.15, 0.2) is 0 Å². The van der Waals surface area contributed by atoms with Gasteiger partial charge in [0.05, 0.1) is 0 Å². The van der Waals surface area contributed by atoms with Crippen LogP contribution in [0.1, 0.15) is 20.3 Å². The molecule has 0 rings (SSSR count). The Hall–Kier alpha value is -1.12. The van der Waals surface area contributed by atoms with E-state index < -0.39 is 5.97 Å². The predicted molar refractivity (Wildman–Crippen MR) is 45.0 cm³/mol. The second-order valence-electron chi connectivity index (χ2n) is 2.43. The van der Waals surface area contributed by atoms with Gasteiger partial charge in [0.1, 0.15) is 0 Å². The summed E-state index contributed by atoms with van der Waals surface area (Å²) in [6, 6.07) is 0. The molecule has 0 amide bonds. The van der Waals surface area contributed by atoms with E-state index in [9.17, 15) is 4.79 Å². The maximum Gasteiger partial charge on any atom is 0.331 e. The average molecular weight is 155 g/mol. The minimum absolute atomic E-state index is 0.411. The smallest absolute Gasteiger partial charge is 0.331 e. The van der Waals surface area contributed by atoms with Crippen molar-refractivity contribution in [2.45, 2.75) is 20.3 Å². The lowest BCUT2D eigenvalue weighted by Crippen LogP contribution is -2.02. The molecule has 0 aliphatic rings. The van der Waals surface area contributed by atoms with Gasteiger partial charge < -0.3 is 10.1 Å². The van der Waals surface area contributed by atoms with Gasteiger partial charge in [-0.3, -0.25) is 0 Å². The fraction of sp³-hybridized carbons (Fsp3) is 0.500. The molecule has 1 N–H and O–H groups in total. The standard InChI is InChI=1S/C8H13NO2/c1-6(2)7(8(10)11)4-5-9-3/h5H,4H2,1-3H3,(H,10,11). The van der Waals surface area contributed by atoms with Crippen molar-refractivity contribution in [1.82, 2.24) is 0 Å². The molecule has 0 aliphatic heterocycles. The third-order valence-electron chi connectivity index (χ3n) is 1.34. The van der Waals surface area contributed by atoms with E-state index in [4.69, 9.17) is 5.11 Å². The van der Waals surface area contributed by atoms with E-state index in [-0.39, 0.29) is 0 Å². The Morgan fingerprint density at radius 3 is 2.36 bits per heavy atom. The van der Waals surface area contributed by atoms with Gasteiger partial charge in [-0.05, 0) is 13.8 Å². The third-order valence-corrected chi connectivity index (χ3v) is 1.34. The molecule has 11 heavy (non-hydrogen) atoms. The van der Waals surface area contributed by atoms with Crippen LogP contribution < -0.4 is 0 Å². The van der Waals surface area contributed by atoms with Crippen molar-refractivity contribution < 1.29 is 9.90 Å². The Morgan fingerprint density at radius 2 is 2.09 bits per heavy atom. The maximum absolute atomic E-state index is 10.5. The Bertz CT molecular complexity index is 200. The highest BCUT2D eigenvalue weighted by atomic mass is 16.4. The van der Waals surface area contributed by atoms with Crippen LogP contribution in [-0.4, -0.2) is 24.3 Å². The minimum Gasteiger partial charge on any atom is -0.478 e. The summed E-state index contributed by atoms with van der Waals surface area (Å²) in [7, 11) is 1.63. The van der Waals surface area contributed by atoms with Crippen LogP contribution in [0, 0.1) is 0 Å². The summed E-state index contributed by atoms with van der Waals surface area (Å²) in [5.41, 5.74) is 1.26. The molecular formula is C8H13NO2. The van der Waals surface area contributed by atoms with Crippen molar-refractivity contribution in [3.8, 4) is 0 Å². The highest BCUT2D eigenvalue weighted by Crippen LogP contribution is 2.06. The molecule has 0 saturated heterocycles. The Morgan fingerprint density at radius 1 is 1.55 bits per heavy atom. The van der Waals surface area contributed by atoms with E-state index in [2.05, 4.69) is 4.99 Å². The first-order valence-electron chi connectivity index (χ1n) is 3.39. The molecule has 3 nitrogen and oxygen atoms in total. The average Bonchev–Trinajstić information content (AvgIpc) is 1.87. The van der Waals surface area contributed by atoms with Gasteiger partial charge in [0.25, 0.3) is 0 Å².